The Kier molecular flexibility index (Phi) is 7.91. The monoisotopic (exact) mass is 410 g/mol. The number of benzene rings is 2. The molecule has 0 saturated heterocycles. The maximum atomic E-state index is 11.9. The summed E-state index contributed by atoms with van der Waals surface area (Å²) in [7, 11) is 3.21. The molecule has 0 radical (unpaired) electrons. The van der Waals surface area contributed by atoms with E-state index in [0.717, 1.165) is 16.9 Å². The molecule has 2 rings (SSSR count). The van der Waals surface area contributed by atoms with Crippen molar-refractivity contribution in [3.63, 3.8) is 0 Å². The van der Waals surface area contributed by atoms with E-state index in [2.05, 4.69) is 10.5 Å². The summed E-state index contributed by atoms with van der Waals surface area (Å²) in [6, 6.07) is 10.4. The molecule has 1 amide bonds. The smallest absolute Gasteiger partial charge is 0.277 e. The zero-order valence-electron chi connectivity index (χ0n) is 15.2. The molecule has 6 nitrogen and oxygen atoms in total. The molecule has 0 spiro atoms. The molecule has 0 aromatic heterocycles. The average Bonchev–Trinajstić information content (AvgIpc) is 2.65. The van der Waals surface area contributed by atoms with Crippen molar-refractivity contribution in [2.75, 3.05) is 20.8 Å². The number of halogens is 2. The van der Waals surface area contributed by atoms with Crippen molar-refractivity contribution in [1.82, 2.24) is 5.43 Å². The van der Waals surface area contributed by atoms with Crippen LogP contribution in [0.5, 0.6) is 11.5 Å². The van der Waals surface area contributed by atoms with Gasteiger partial charge in [0.15, 0.2) is 6.61 Å². The number of hydrazone groups is 1. The Morgan fingerprint density at radius 2 is 1.85 bits per heavy atom. The molecule has 27 heavy (non-hydrogen) atoms. The second-order valence-electron chi connectivity index (χ2n) is 5.56. The van der Waals surface area contributed by atoms with E-state index in [9.17, 15) is 4.79 Å². The fourth-order valence-corrected chi connectivity index (χ4v) is 2.71. The summed E-state index contributed by atoms with van der Waals surface area (Å²) in [4.78, 5) is 11.9. The Hall–Kier alpha value is -2.28. The highest BCUT2D eigenvalue weighted by molar-refractivity contribution is 6.35. The van der Waals surface area contributed by atoms with E-state index in [1.807, 2.05) is 18.2 Å². The predicted octanol–water partition coefficient (Wildman–Crippen LogP) is 4.07. The number of hydrogen-bond acceptors (Lipinski definition) is 5. The van der Waals surface area contributed by atoms with E-state index >= 15 is 0 Å². The first-order valence-electron chi connectivity index (χ1n) is 8.01. The zero-order chi connectivity index (χ0) is 19.8. The number of carbonyl (C=O) groups is 1. The molecular weight excluding hydrogens is 391 g/mol. The molecule has 0 heterocycles. The fourth-order valence-electron chi connectivity index (χ4n) is 2.25. The van der Waals surface area contributed by atoms with Crippen molar-refractivity contribution >= 4 is 34.8 Å². The Balaban J connectivity index is 1.97. The maximum Gasteiger partial charge on any atom is 0.277 e. The topological polar surface area (TPSA) is 69.2 Å². The van der Waals surface area contributed by atoms with Gasteiger partial charge >= 0.3 is 0 Å². The van der Waals surface area contributed by atoms with Gasteiger partial charge in [0.1, 0.15) is 11.5 Å². The Morgan fingerprint density at radius 1 is 1.11 bits per heavy atom. The van der Waals surface area contributed by atoms with Gasteiger partial charge in [-0.1, -0.05) is 23.2 Å². The Labute approximate surface area is 168 Å². The summed E-state index contributed by atoms with van der Waals surface area (Å²) in [6.07, 6.45) is 0. The third kappa shape index (κ3) is 6.13. The van der Waals surface area contributed by atoms with Crippen molar-refractivity contribution in [1.29, 1.82) is 0 Å². The van der Waals surface area contributed by atoms with Gasteiger partial charge in [-0.25, -0.2) is 5.43 Å². The SMILES string of the molecule is COCc1cc(/C(C)=N\NC(=O)COc2ccc(Cl)cc2Cl)ccc1OC. The molecule has 0 bridgehead atoms. The summed E-state index contributed by atoms with van der Waals surface area (Å²) in [5, 5.41) is 4.92. The molecule has 0 aliphatic heterocycles. The minimum absolute atomic E-state index is 0.227. The average molecular weight is 411 g/mol. The highest BCUT2D eigenvalue weighted by Crippen LogP contribution is 2.27. The highest BCUT2D eigenvalue weighted by Gasteiger charge is 2.08. The van der Waals surface area contributed by atoms with Crippen LogP contribution in [0.3, 0.4) is 0 Å². The number of nitrogens with one attached hydrogen (secondary N) is 1. The van der Waals surface area contributed by atoms with Gasteiger partial charge < -0.3 is 14.2 Å². The van der Waals surface area contributed by atoms with Gasteiger partial charge in [0.25, 0.3) is 5.91 Å². The summed E-state index contributed by atoms with van der Waals surface area (Å²) in [6.45, 7) is 1.97. The quantitative estimate of drug-likeness (QED) is 0.525. The van der Waals surface area contributed by atoms with Gasteiger partial charge in [-0.2, -0.15) is 5.10 Å². The molecule has 0 saturated carbocycles. The summed E-state index contributed by atoms with van der Waals surface area (Å²) in [5.74, 6) is 0.688. The minimum atomic E-state index is -0.411. The molecule has 0 aliphatic carbocycles. The van der Waals surface area contributed by atoms with E-state index in [1.54, 1.807) is 39.3 Å². The molecule has 0 unspecified atom stereocenters. The van der Waals surface area contributed by atoms with Crippen molar-refractivity contribution in [3.8, 4) is 11.5 Å². The normalized spacial score (nSPS) is 11.2. The van der Waals surface area contributed by atoms with Crippen LogP contribution in [0.15, 0.2) is 41.5 Å². The van der Waals surface area contributed by atoms with Crippen molar-refractivity contribution in [2.45, 2.75) is 13.5 Å². The molecule has 0 fully saturated rings. The van der Waals surface area contributed by atoms with Gasteiger partial charge in [-0.3, -0.25) is 4.79 Å². The first-order valence-corrected chi connectivity index (χ1v) is 8.77. The number of amides is 1. The number of methoxy groups -OCH3 is 2. The largest absolute Gasteiger partial charge is 0.496 e. The number of hydrogen-bond donors (Lipinski definition) is 1. The van der Waals surface area contributed by atoms with Crippen LogP contribution < -0.4 is 14.9 Å². The lowest BCUT2D eigenvalue weighted by Crippen LogP contribution is -2.25. The van der Waals surface area contributed by atoms with E-state index in [1.165, 1.54) is 0 Å². The van der Waals surface area contributed by atoms with Crippen molar-refractivity contribution in [2.24, 2.45) is 5.10 Å². The number of ether oxygens (including phenoxy) is 3. The van der Waals surface area contributed by atoms with Crippen LogP contribution in [0.25, 0.3) is 0 Å². The summed E-state index contributed by atoms with van der Waals surface area (Å²) in [5.41, 5.74) is 4.81. The lowest BCUT2D eigenvalue weighted by Gasteiger charge is -2.10. The lowest BCUT2D eigenvalue weighted by molar-refractivity contribution is -0.123. The summed E-state index contributed by atoms with van der Waals surface area (Å²) >= 11 is 11.8. The minimum Gasteiger partial charge on any atom is -0.496 e. The molecule has 0 atom stereocenters. The summed E-state index contributed by atoms with van der Waals surface area (Å²) < 4.78 is 15.8. The van der Waals surface area contributed by atoms with Crippen LogP contribution in [0.2, 0.25) is 10.0 Å². The molecule has 0 aliphatic rings. The number of nitrogens with zero attached hydrogens (tertiary/aromatic N) is 1. The third-order valence-electron chi connectivity index (χ3n) is 3.60. The van der Waals surface area contributed by atoms with E-state index in [4.69, 9.17) is 37.4 Å². The first-order chi connectivity index (χ1) is 12.9. The zero-order valence-corrected chi connectivity index (χ0v) is 16.7. The molecule has 144 valence electrons. The van der Waals surface area contributed by atoms with Crippen LogP contribution in [0, 0.1) is 0 Å². The van der Waals surface area contributed by atoms with Gasteiger partial charge in [0.2, 0.25) is 0 Å². The van der Waals surface area contributed by atoms with E-state index in [0.29, 0.717) is 28.1 Å². The third-order valence-corrected chi connectivity index (χ3v) is 4.13. The van der Waals surface area contributed by atoms with Gasteiger partial charge in [-0.15, -0.1) is 0 Å². The van der Waals surface area contributed by atoms with Crippen LogP contribution in [-0.4, -0.2) is 32.4 Å². The second-order valence-corrected chi connectivity index (χ2v) is 6.40. The Bertz CT molecular complexity index is 840. The standard InChI is InChI=1S/C19H20Cl2N2O4/c1-12(13-4-6-17(26-3)14(8-13)10-25-2)22-23-19(24)11-27-18-7-5-15(20)9-16(18)21/h4-9H,10-11H2,1-3H3,(H,23,24)/b22-12-. The van der Waals surface area contributed by atoms with Gasteiger partial charge in [0.05, 0.1) is 24.5 Å². The maximum absolute atomic E-state index is 11.9. The van der Waals surface area contributed by atoms with Crippen LogP contribution in [0.4, 0.5) is 0 Å². The van der Waals surface area contributed by atoms with Crippen LogP contribution in [0.1, 0.15) is 18.1 Å². The Morgan fingerprint density at radius 3 is 2.52 bits per heavy atom. The van der Waals surface area contributed by atoms with Gasteiger partial charge in [-0.05, 0) is 48.9 Å². The molecule has 1 N–H and O–H groups in total. The number of rotatable bonds is 8. The van der Waals surface area contributed by atoms with E-state index in [-0.39, 0.29) is 6.61 Å². The molecule has 8 heteroatoms. The molecule has 2 aromatic rings. The van der Waals surface area contributed by atoms with Crippen molar-refractivity contribution < 1.29 is 19.0 Å². The predicted molar refractivity (Wildman–Crippen MR) is 106 cm³/mol. The van der Waals surface area contributed by atoms with Crippen molar-refractivity contribution in [3.05, 3.63) is 57.6 Å². The highest BCUT2D eigenvalue weighted by atomic mass is 35.5. The van der Waals surface area contributed by atoms with Crippen LogP contribution in [-0.2, 0) is 16.1 Å². The van der Waals surface area contributed by atoms with E-state index < -0.39 is 5.91 Å². The second kappa shape index (κ2) is 10.2. The number of carbonyl (C=O) groups excluding carboxylic acids is 1. The van der Waals surface area contributed by atoms with Crippen LogP contribution >= 0.6 is 23.2 Å². The lowest BCUT2D eigenvalue weighted by atomic mass is 10.1. The first kappa shape index (κ1) is 21.0. The van der Waals surface area contributed by atoms with Gasteiger partial charge in [0, 0.05) is 17.7 Å². The fraction of sp³-hybridized carbons (Fsp3) is 0.263. The molecule has 2 aromatic carbocycles. The molecular formula is C19H20Cl2N2O4.